The topological polar surface area (TPSA) is 102 Å². The Balaban J connectivity index is 2.13. The fraction of sp³-hybridized carbons (Fsp3) is 0.533. The minimum Gasteiger partial charge on any atom is -0.381 e. The Bertz CT molecular complexity index is 667. The van der Waals surface area contributed by atoms with Gasteiger partial charge < -0.3 is 15.4 Å². The van der Waals surface area contributed by atoms with Gasteiger partial charge in [0.05, 0.1) is 4.90 Å². The molecule has 1 aliphatic heterocycles. The molecule has 0 bridgehead atoms. The van der Waals surface area contributed by atoms with Crippen LogP contribution in [0.15, 0.2) is 29.2 Å². The summed E-state index contributed by atoms with van der Waals surface area (Å²) in [6, 6.07) is 5.97. The molecule has 7 nitrogen and oxygen atoms in total. The molecule has 0 saturated carbocycles. The summed E-state index contributed by atoms with van der Waals surface area (Å²) in [6.45, 7) is 1.21. The lowest BCUT2D eigenvalue weighted by Gasteiger charge is -2.33. The van der Waals surface area contributed by atoms with Crippen LogP contribution in [0.4, 0.5) is 0 Å². The molecule has 3 N–H and O–H groups in total. The van der Waals surface area contributed by atoms with Gasteiger partial charge in [-0.3, -0.25) is 4.79 Å². The molecule has 1 amide bonds. The molecule has 0 spiro atoms. The van der Waals surface area contributed by atoms with Crippen molar-refractivity contribution < 1.29 is 17.9 Å². The van der Waals surface area contributed by atoms with Crippen molar-refractivity contribution in [1.29, 1.82) is 0 Å². The first-order chi connectivity index (χ1) is 10.7. The van der Waals surface area contributed by atoms with E-state index in [1.807, 2.05) is 0 Å². The lowest BCUT2D eigenvalue weighted by atomic mass is 9.92. The highest BCUT2D eigenvalue weighted by Crippen LogP contribution is 2.18. The number of ether oxygens (including phenoxy) is 1. The number of benzene rings is 1. The largest absolute Gasteiger partial charge is 0.381 e. The van der Waals surface area contributed by atoms with Crippen molar-refractivity contribution in [1.82, 2.24) is 9.62 Å². The summed E-state index contributed by atoms with van der Waals surface area (Å²) in [5.41, 5.74) is 5.92. The maximum Gasteiger partial charge on any atom is 0.253 e. The van der Waals surface area contributed by atoms with Gasteiger partial charge in [-0.25, -0.2) is 13.1 Å². The maximum atomic E-state index is 12.4. The van der Waals surface area contributed by atoms with Crippen LogP contribution in [0, 0.1) is 0 Å². The third kappa shape index (κ3) is 4.51. The molecule has 1 aromatic rings. The summed E-state index contributed by atoms with van der Waals surface area (Å²) in [5.74, 6) is -0.248. The highest BCUT2D eigenvalue weighted by Gasteiger charge is 2.30. The van der Waals surface area contributed by atoms with E-state index in [-0.39, 0.29) is 17.3 Å². The van der Waals surface area contributed by atoms with Gasteiger partial charge in [0.25, 0.3) is 5.91 Å². The van der Waals surface area contributed by atoms with Gasteiger partial charge in [-0.2, -0.15) is 0 Å². The first-order valence-electron chi connectivity index (χ1n) is 7.42. The number of sulfonamides is 1. The number of carbonyl (C=O) groups is 1. The van der Waals surface area contributed by atoms with E-state index < -0.39 is 15.6 Å². The first kappa shape index (κ1) is 17.9. The monoisotopic (exact) mass is 341 g/mol. The minimum atomic E-state index is -3.72. The van der Waals surface area contributed by atoms with Gasteiger partial charge in [-0.1, -0.05) is 6.07 Å². The summed E-state index contributed by atoms with van der Waals surface area (Å²) < 4.78 is 32.7. The summed E-state index contributed by atoms with van der Waals surface area (Å²) in [5, 5.41) is 0. The molecule has 0 unspecified atom stereocenters. The Labute approximate surface area is 136 Å². The summed E-state index contributed by atoms with van der Waals surface area (Å²) in [6.07, 6.45) is 1.21. The third-order valence-electron chi connectivity index (χ3n) is 3.90. The Morgan fingerprint density at radius 1 is 1.35 bits per heavy atom. The van der Waals surface area contributed by atoms with Crippen molar-refractivity contribution in [2.24, 2.45) is 5.73 Å². The molecular formula is C15H23N3O4S. The van der Waals surface area contributed by atoms with E-state index in [1.165, 1.54) is 17.0 Å². The smallest absolute Gasteiger partial charge is 0.253 e. The van der Waals surface area contributed by atoms with E-state index in [0.717, 1.165) is 0 Å². The highest BCUT2D eigenvalue weighted by molar-refractivity contribution is 7.89. The standard InChI is InChI=1S/C15H23N3O4S/c1-18(2)14(19)12-4-3-5-13(10-12)23(20,21)17-11-15(16)6-8-22-9-7-15/h3-5,10,17H,6-9,11,16H2,1-2H3. The average Bonchev–Trinajstić information content (AvgIpc) is 2.53. The quantitative estimate of drug-likeness (QED) is 0.795. The summed E-state index contributed by atoms with van der Waals surface area (Å²) in [4.78, 5) is 13.4. The molecule has 0 radical (unpaired) electrons. The third-order valence-corrected chi connectivity index (χ3v) is 5.30. The van der Waals surface area contributed by atoms with E-state index in [2.05, 4.69) is 4.72 Å². The van der Waals surface area contributed by atoms with Crippen molar-refractivity contribution in [3.05, 3.63) is 29.8 Å². The van der Waals surface area contributed by atoms with Gasteiger partial charge in [0, 0.05) is 45.0 Å². The Kier molecular flexibility index (Phi) is 5.41. The van der Waals surface area contributed by atoms with Crippen LogP contribution in [0.2, 0.25) is 0 Å². The van der Waals surface area contributed by atoms with Crippen LogP contribution in [-0.4, -0.2) is 58.6 Å². The molecule has 8 heteroatoms. The van der Waals surface area contributed by atoms with Gasteiger partial charge in [0.15, 0.2) is 0 Å². The lowest BCUT2D eigenvalue weighted by molar-refractivity contribution is 0.0549. The fourth-order valence-corrected chi connectivity index (χ4v) is 3.52. The Hall–Kier alpha value is -1.48. The number of hydrogen-bond donors (Lipinski definition) is 2. The predicted molar refractivity (Wildman–Crippen MR) is 86.6 cm³/mol. The van der Waals surface area contributed by atoms with Crippen LogP contribution in [0.3, 0.4) is 0 Å². The molecule has 0 aliphatic carbocycles. The van der Waals surface area contributed by atoms with Gasteiger partial charge in [-0.15, -0.1) is 0 Å². The fourth-order valence-electron chi connectivity index (χ4n) is 2.33. The second-order valence-electron chi connectivity index (χ2n) is 6.03. The number of nitrogens with two attached hydrogens (primary N) is 1. The predicted octanol–water partition coefficient (Wildman–Crippen LogP) is 0.175. The van der Waals surface area contributed by atoms with Gasteiger partial charge >= 0.3 is 0 Å². The van der Waals surface area contributed by atoms with E-state index in [9.17, 15) is 13.2 Å². The number of nitrogens with one attached hydrogen (secondary N) is 1. The van der Waals surface area contributed by atoms with Crippen molar-refractivity contribution in [2.45, 2.75) is 23.3 Å². The van der Waals surface area contributed by atoms with E-state index in [1.54, 1.807) is 26.2 Å². The van der Waals surface area contributed by atoms with E-state index in [4.69, 9.17) is 10.5 Å². The summed E-state index contributed by atoms with van der Waals surface area (Å²) in [7, 11) is -0.489. The zero-order valence-corrected chi connectivity index (χ0v) is 14.2. The Morgan fingerprint density at radius 2 is 2.00 bits per heavy atom. The van der Waals surface area contributed by atoms with Crippen molar-refractivity contribution in [2.75, 3.05) is 33.9 Å². The molecule has 128 valence electrons. The molecule has 1 aromatic carbocycles. The molecule has 1 saturated heterocycles. The molecule has 2 rings (SSSR count). The van der Waals surface area contributed by atoms with Crippen molar-refractivity contribution >= 4 is 15.9 Å². The number of hydrogen-bond acceptors (Lipinski definition) is 5. The Morgan fingerprint density at radius 3 is 2.61 bits per heavy atom. The average molecular weight is 341 g/mol. The van der Waals surface area contributed by atoms with Crippen LogP contribution in [0.1, 0.15) is 23.2 Å². The zero-order chi connectivity index (χ0) is 17.1. The second kappa shape index (κ2) is 6.96. The summed E-state index contributed by atoms with van der Waals surface area (Å²) >= 11 is 0. The highest BCUT2D eigenvalue weighted by atomic mass is 32.2. The number of amides is 1. The normalized spacial score (nSPS) is 17.7. The van der Waals surface area contributed by atoms with E-state index in [0.29, 0.717) is 31.6 Å². The molecular weight excluding hydrogens is 318 g/mol. The maximum absolute atomic E-state index is 12.4. The molecule has 1 aliphatic rings. The molecule has 1 heterocycles. The van der Waals surface area contributed by atoms with Crippen LogP contribution >= 0.6 is 0 Å². The lowest BCUT2D eigenvalue weighted by Crippen LogP contribution is -2.53. The van der Waals surface area contributed by atoms with Crippen LogP contribution in [-0.2, 0) is 14.8 Å². The van der Waals surface area contributed by atoms with Crippen LogP contribution in [0.5, 0.6) is 0 Å². The van der Waals surface area contributed by atoms with Crippen molar-refractivity contribution in [3.8, 4) is 0 Å². The van der Waals surface area contributed by atoms with Gasteiger partial charge in [0.1, 0.15) is 0 Å². The number of rotatable bonds is 5. The van der Waals surface area contributed by atoms with Crippen molar-refractivity contribution in [3.63, 3.8) is 0 Å². The zero-order valence-electron chi connectivity index (χ0n) is 13.4. The second-order valence-corrected chi connectivity index (χ2v) is 7.79. The van der Waals surface area contributed by atoms with E-state index >= 15 is 0 Å². The van der Waals surface area contributed by atoms with Crippen LogP contribution < -0.4 is 10.5 Å². The first-order valence-corrected chi connectivity index (χ1v) is 8.90. The molecule has 23 heavy (non-hydrogen) atoms. The number of nitrogens with zero attached hydrogens (tertiary/aromatic N) is 1. The van der Waals surface area contributed by atoms with Crippen LogP contribution in [0.25, 0.3) is 0 Å². The molecule has 0 atom stereocenters. The molecule has 0 aromatic heterocycles. The van der Waals surface area contributed by atoms with Gasteiger partial charge in [0.2, 0.25) is 10.0 Å². The SMILES string of the molecule is CN(C)C(=O)c1cccc(S(=O)(=O)NCC2(N)CCOCC2)c1. The minimum absolute atomic E-state index is 0.0564. The number of carbonyl (C=O) groups excluding carboxylic acids is 1. The molecule has 1 fully saturated rings. The van der Waals surface area contributed by atoms with Gasteiger partial charge in [-0.05, 0) is 31.0 Å².